The fourth-order valence-corrected chi connectivity index (χ4v) is 9.50. The molecule has 3 heterocycles. The zero-order chi connectivity index (χ0) is 46.7. The average molecular weight is 1070 g/mol. The van der Waals surface area contributed by atoms with Crippen LogP contribution in [0.3, 0.4) is 0 Å². The van der Waals surface area contributed by atoms with Gasteiger partial charge in [-0.25, -0.2) is 4.98 Å². The molecule has 344 valence electrons. The van der Waals surface area contributed by atoms with Crippen molar-refractivity contribution in [2.24, 2.45) is 10.8 Å². The third-order valence-corrected chi connectivity index (χ3v) is 12.4. The number of nitrogens with zero attached hydrogens (tertiary/aromatic N) is 4. The maximum absolute atomic E-state index is 6.68. The molecule has 0 bridgehead atoms. The molecule has 0 N–H and O–H groups in total. The van der Waals surface area contributed by atoms with Crippen molar-refractivity contribution in [3.8, 4) is 50.9 Å². The molecule has 3 aromatic heterocycles. The van der Waals surface area contributed by atoms with Gasteiger partial charge >= 0.3 is 0 Å². The van der Waals surface area contributed by atoms with E-state index in [0.717, 1.165) is 74.0 Å². The summed E-state index contributed by atoms with van der Waals surface area (Å²) in [4.78, 5) is 4.87. The molecule has 0 aliphatic heterocycles. The number of benzene rings is 7. The van der Waals surface area contributed by atoms with E-state index in [4.69, 9.17) is 9.72 Å². The quantitative estimate of drug-likeness (QED) is 0.107. The molecule has 0 radical (unpaired) electrons. The third kappa shape index (κ3) is 9.47. The molecule has 0 unspecified atom stereocenters. The Kier molecular flexibility index (Phi) is 12.4. The standard InChI is InChI=1S/C62H58N4O.Pt/c1-60(2,3)39-42-18-14-20-44(34-42)50-25-17-26-51(45-21-15-19-43(35-45)40-61(4,5)6)59(50)65-41-64(55-28-12-13-29-56(55)65)47-22-16-23-48(37-47)67-49-30-31-53-52-24-10-11-27-54(52)66(57(53)38-49)58-36-46(32-33-63-58)62(7,8)9;/h10-36H,39-40H2,1-9H3;/q-2;. The van der Waals surface area contributed by atoms with E-state index in [1.807, 2.05) is 24.4 Å². The number of aromatic nitrogens is 4. The van der Waals surface area contributed by atoms with Crippen molar-refractivity contribution in [2.75, 3.05) is 0 Å². The number of fused-ring (bicyclic) bond motifs is 4. The van der Waals surface area contributed by atoms with E-state index >= 15 is 0 Å². The Morgan fingerprint density at radius 2 is 1.16 bits per heavy atom. The van der Waals surface area contributed by atoms with Gasteiger partial charge in [-0.15, -0.1) is 29.7 Å². The van der Waals surface area contributed by atoms with Crippen LogP contribution in [-0.4, -0.2) is 14.1 Å². The Balaban J connectivity index is 0.00000578. The summed E-state index contributed by atoms with van der Waals surface area (Å²) < 4.78 is 13.2. The van der Waals surface area contributed by atoms with Gasteiger partial charge in [-0.3, -0.25) is 4.57 Å². The van der Waals surface area contributed by atoms with Gasteiger partial charge in [0.25, 0.3) is 6.33 Å². The summed E-state index contributed by atoms with van der Waals surface area (Å²) in [6.07, 6.45) is 7.71. The summed E-state index contributed by atoms with van der Waals surface area (Å²) >= 11 is 0. The van der Waals surface area contributed by atoms with Crippen molar-refractivity contribution in [3.05, 3.63) is 199 Å². The van der Waals surface area contributed by atoms with Crippen LogP contribution in [-0.2, 0) is 39.3 Å². The molecular weight excluding hydrogens is 1010 g/mol. The van der Waals surface area contributed by atoms with Crippen LogP contribution in [0, 0.1) is 29.3 Å². The first-order valence-electron chi connectivity index (χ1n) is 23.5. The van der Waals surface area contributed by atoms with Crippen LogP contribution >= 0.6 is 0 Å². The molecule has 10 rings (SSSR count). The molecular formula is C62H58N4OPt-2. The average Bonchev–Trinajstić information content (AvgIpc) is 3.84. The van der Waals surface area contributed by atoms with Crippen molar-refractivity contribution in [3.63, 3.8) is 0 Å². The molecule has 0 amide bonds. The van der Waals surface area contributed by atoms with E-state index in [9.17, 15) is 0 Å². The third-order valence-electron chi connectivity index (χ3n) is 12.4. The van der Waals surface area contributed by atoms with E-state index in [1.165, 1.54) is 27.8 Å². The van der Waals surface area contributed by atoms with E-state index in [2.05, 4.69) is 234 Å². The fraction of sp³-hybridized carbons (Fsp3) is 0.226. The zero-order valence-electron chi connectivity index (χ0n) is 40.5. The molecule has 0 fully saturated rings. The Hall–Kier alpha value is -6.55. The van der Waals surface area contributed by atoms with E-state index in [1.54, 1.807) is 0 Å². The largest absolute Gasteiger partial charge is 0.510 e. The number of hydrogen-bond donors (Lipinski definition) is 0. The van der Waals surface area contributed by atoms with Crippen molar-refractivity contribution in [2.45, 2.75) is 80.6 Å². The van der Waals surface area contributed by atoms with Gasteiger partial charge in [0, 0.05) is 44.3 Å². The Morgan fingerprint density at radius 3 is 1.82 bits per heavy atom. The minimum absolute atomic E-state index is 0. The Labute approximate surface area is 416 Å². The summed E-state index contributed by atoms with van der Waals surface area (Å²) in [6.45, 7) is 20.5. The first-order valence-corrected chi connectivity index (χ1v) is 23.5. The second-order valence-corrected chi connectivity index (χ2v) is 21.4. The van der Waals surface area contributed by atoms with Gasteiger partial charge in [-0.1, -0.05) is 177 Å². The van der Waals surface area contributed by atoms with Crippen LogP contribution in [0.15, 0.2) is 164 Å². The summed E-state index contributed by atoms with van der Waals surface area (Å²) in [5, 5.41) is 2.23. The van der Waals surface area contributed by atoms with Crippen LogP contribution < -0.4 is 9.30 Å². The minimum Gasteiger partial charge on any atom is -0.510 e. The van der Waals surface area contributed by atoms with Gasteiger partial charge in [-0.2, -0.15) is 18.2 Å². The monoisotopic (exact) mass is 1070 g/mol. The second kappa shape index (κ2) is 18.2. The van der Waals surface area contributed by atoms with E-state index < -0.39 is 0 Å². The van der Waals surface area contributed by atoms with Gasteiger partial charge in [0.2, 0.25) is 0 Å². The molecule has 68 heavy (non-hydrogen) atoms. The topological polar surface area (TPSA) is 35.9 Å². The summed E-state index contributed by atoms with van der Waals surface area (Å²) in [5.74, 6) is 2.02. The molecule has 0 aliphatic carbocycles. The van der Waals surface area contributed by atoms with Gasteiger partial charge in [0.15, 0.2) is 0 Å². The molecule has 10 aromatic rings. The first-order chi connectivity index (χ1) is 32.1. The molecule has 0 saturated heterocycles. The number of imidazole rings is 1. The van der Waals surface area contributed by atoms with Crippen molar-refractivity contribution >= 4 is 32.8 Å². The van der Waals surface area contributed by atoms with Gasteiger partial charge in [0.05, 0.1) is 16.7 Å². The molecule has 6 heteroatoms. The van der Waals surface area contributed by atoms with E-state index in [-0.39, 0.29) is 37.3 Å². The second-order valence-electron chi connectivity index (χ2n) is 21.4. The summed E-state index contributed by atoms with van der Waals surface area (Å²) in [5.41, 5.74) is 14.7. The smallest absolute Gasteiger partial charge is 0.268 e. The predicted octanol–water partition coefficient (Wildman–Crippen LogP) is 15.4. The number of pyridine rings is 1. The normalized spacial score (nSPS) is 12.2. The van der Waals surface area contributed by atoms with Crippen LogP contribution in [0.1, 0.15) is 79.0 Å². The Bertz CT molecular complexity index is 3390. The van der Waals surface area contributed by atoms with Crippen LogP contribution in [0.5, 0.6) is 11.5 Å². The van der Waals surface area contributed by atoms with Gasteiger partial charge in [-0.05, 0) is 97.3 Å². The summed E-state index contributed by atoms with van der Waals surface area (Å²) in [7, 11) is 0. The first kappa shape index (κ1) is 46.6. The number of rotatable bonds is 9. The summed E-state index contributed by atoms with van der Waals surface area (Å²) in [6, 6.07) is 63.5. The van der Waals surface area contributed by atoms with Gasteiger partial charge in [0.1, 0.15) is 5.82 Å². The predicted molar refractivity (Wildman–Crippen MR) is 276 cm³/mol. The minimum atomic E-state index is -0.0293. The number of ether oxygens (including phenoxy) is 1. The SMILES string of the molecule is CC(C)(C)Cc1cccc(-c2cccc(-c3cccc(CC(C)(C)C)c3)c2-[n+]2[c-]n(-c3[c-]c(Oc4[c-]c5c(cc4)c4ccccc4n5-c4cc(C(C)(C)C)ccn4)ccc3)c3ccccc32)c1.[Pt]. The van der Waals surface area contributed by atoms with Crippen molar-refractivity contribution < 1.29 is 30.4 Å². The molecule has 0 saturated carbocycles. The number of hydrogen-bond acceptors (Lipinski definition) is 2. The molecule has 5 nitrogen and oxygen atoms in total. The Morgan fingerprint density at radius 1 is 0.559 bits per heavy atom. The molecule has 7 aromatic carbocycles. The van der Waals surface area contributed by atoms with Crippen LogP contribution in [0.4, 0.5) is 0 Å². The number of para-hydroxylation sites is 4. The van der Waals surface area contributed by atoms with Crippen molar-refractivity contribution in [1.82, 2.24) is 14.1 Å². The maximum Gasteiger partial charge on any atom is 0.268 e. The van der Waals surface area contributed by atoms with Crippen LogP contribution in [0.25, 0.3) is 72.3 Å². The molecule has 0 atom stereocenters. The van der Waals surface area contributed by atoms with E-state index in [0.29, 0.717) is 11.5 Å². The zero-order valence-corrected chi connectivity index (χ0v) is 42.8. The fourth-order valence-electron chi connectivity index (χ4n) is 9.50. The molecule has 0 aliphatic rings. The maximum atomic E-state index is 6.68. The van der Waals surface area contributed by atoms with Gasteiger partial charge < -0.3 is 13.9 Å². The van der Waals surface area contributed by atoms with Crippen molar-refractivity contribution in [1.29, 1.82) is 0 Å². The van der Waals surface area contributed by atoms with Crippen LogP contribution in [0.2, 0.25) is 0 Å². The molecule has 0 spiro atoms.